The summed E-state index contributed by atoms with van der Waals surface area (Å²) in [6.45, 7) is 2.32. The minimum atomic E-state index is -0.843. The molecule has 3 aliphatic rings. The lowest BCUT2D eigenvalue weighted by atomic mass is 9.55. The highest BCUT2D eigenvalue weighted by Crippen LogP contribution is 2.60. The Labute approximate surface area is 272 Å². The Morgan fingerprint density at radius 1 is 0.761 bits per heavy atom. The van der Waals surface area contributed by atoms with Gasteiger partial charge in [-0.3, -0.25) is 40.5 Å². The molecule has 0 radical (unpaired) electrons. The van der Waals surface area contributed by atoms with Crippen molar-refractivity contribution in [2.75, 3.05) is 0 Å². The molecule has 0 heterocycles. The zero-order valence-corrected chi connectivity index (χ0v) is 26.0. The van der Waals surface area contributed by atoms with E-state index < -0.39 is 36.8 Å². The van der Waals surface area contributed by atoms with Crippen molar-refractivity contribution in [3.05, 3.63) is 116 Å². The van der Waals surface area contributed by atoms with E-state index in [2.05, 4.69) is 13.0 Å². The number of aliphatic hydroxyl groups is 1. The van der Waals surface area contributed by atoms with E-state index >= 15 is 0 Å². The minimum Gasteiger partial charge on any atom is -0.508 e. The Kier molecular flexibility index (Phi) is 10.4. The molecule has 2 fully saturated rings. The largest absolute Gasteiger partial charge is 0.508 e. The van der Waals surface area contributed by atoms with Crippen molar-refractivity contribution in [2.45, 2.75) is 57.5 Å². The molecule has 0 unspecified atom stereocenters. The van der Waals surface area contributed by atoms with Crippen molar-refractivity contribution in [1.82, 2.24) is 0 Å². The summed E-state index contributed by atoms with van der Waals surface area (Å²) >= 11 is 10.9. The van der Waals surface area contributed by atoms with Crippen LogP contribution >= 0.6 is 23.2 Å². The van der Waals surface area contributed by atoms with Gasteiger partial charge in [0.05, 0.1) is 31.9 Å². The Morgan fingerprint density at radius 2 is 1.43 bits per heavy atom. The fourth-order valence-electron chi connectivity index (χ4n) is 7.09. The van der Waals surface area contributed by atoms with Crippen molar-refractivity contribution in [2.24, 2.45) is 17.3 Å². The predicted octanol–water partition coefficient (Wildman–Crippen LogP) is 7.92. The van der Waals surface area contributed by atoms with Crippen molar-refractivity contribution < 1.29 is 29.9 Å². The van der Waals surface area contributed by atoms with Crippen molar-refractivity contribution in [1.29, 1.82) is 0 Å². The molecule has 244 valence electrons. The van der Waals surface area contributed by atoms with Crippen LogP contribution in [0.2, 0.25) is 10.0 Å². The summed E-state index contributed by atoms with van der Waals surface area (Å²) in [6.07, 6.45) is 6.78. The number of aliphatic hydroxyl groups excluding tert-OH is 1. The van der Waals surface area contributed by atoms with Crippen molar-refractivity contribution in [3.8, 4) is 5.75 Å². The molecule has 0 aliphatic heterocycles. The second kappa shape index (κ2) is 13.9. The molecule has 46 heavy (non-hydrogen) atoms. The summed E-state index contributed by atoms with van der Waals surface area (Å²) in [4.78, 5) is 38.0. The average Bonchev–Trinajstić information content (AvgIpc) is 3.31. The zero-order chi connectivity index (χ0) is 33.9. The van der Waals surface area contributed by atoms with Gasteiger partial charge in [-0.2, -0.15) is 0 Å². The fourth-order valence-corrected chi connectivity index (χ4v) is 7.45. The van der Waals surface area contributed by atoms with Gasteiger partial charge < -0.3 is 10.2 Å². The maximum atomic E-state index is 10.4. The second-order valence-electron chi connectivity index (χ2n) is 11.7. The highest BCUT2D eigenvalue weighted by atomic mass is 35.5. The number of nitro groups is 4. The van der Waals surface area contributed by atoms with Crippen molar-refractivity contribution in [3.63, 3.8) is 0 Å². The molecule has 0 bridgehead atoms. The van der Waals surface area contributed by atoms with Crippen LogP contribution in [-0.2, 0) is 6.42 Å². The van der Waals surface area contributed by atoms with Gasteiger partial charge in [0, 0.05) is 23.2 Å². The molecular weight excluding hydrogens is 647 g/mol. The van der Waals surface area contributed by atoms with Crippen molar-refractivity contribution >= 4 is 46.0 Å². The number of phenolic OH excluding ortho intramolecular Hbond substituents is 1. The molecule has 5 atom stereocenters. The molecule has 0 amide bonds. The minimum absolute atomic E-state index is 0.0883. The summed E-state index contributed by atoms with van der Waals surface area (Å²) in [5.74, 6) is 2.49. The number of nitro benzene ring substituents is 4. The second-order valence-corrected chi connectivity index (χ2v) is 12.6. The number of aromatic hydroxyl groups is 1. The van der Waals surface area contributed by atoms with Crippen LogP contribution in [-0.4, -0.2) is 36.0 Å². The summed E-state index contributed by atoms with van der Waals surface area (Å²) in [5, 5.41) is 61.2. The molecule has 6 rings (SSSR count). The SMILES string of the molecule is C[C@]12CC[C@@H]3c4ccc(O)cc4CC[C@H]3[C@@H]1CC[C@@H]2O.O=[N+]([O-])c1ccc(Cl)c([N+](=O)[O-])c1.O=[N+]([O-])c1ccc(Cl)cc1[N+](=O)[O-]. The lowest BCUT2D eigenvalue weighted by Gasteiger charge is -2.50. The van der Waals surface area contributed by atoms with Gasteiger partial charge in [0.15, 0.2) is 0 Å². The molecule has 0 saturated heterocycles. The first kappa shape index (κ1) is 34.5. The van der Waals surface area contributed by atoms with Crippen LogP contribution in [0.15, 0.2) is 54.6 Å². The number of benzene rings is 3. The van der Waals surface area contributed by atoms with Crippen LogP contribution in [0, 0.1) is 57.7 Å². The topological polar surface area (TPSA) is 213 Å². The number of aryl methyl sites for hydroxylation is 1. The van der Waals surface area contributed by atoms with Crippen LogP contribution < -0.4 is 0 Å². The van der Waals surface area contributed by atoms with Gasteiger partial charge in [0.25, 0.3) is 11.4 Å². The van der Waals surface area contributed by atoms with Gasteiger partial charge in [-0.15, -0.1) is 0 Å². The number of non-ortho nitro benzene ring substituents is 1. The van der Waals surface area contributed by atoms with Gasteiger partial charge in [-0.1, -0.05) is 36.2 Å². The van der Waals surface area contributed by atoms with E-state index in [1.807, 2.05) is 12.1 Å². The molecule has 3 aromatic carbocycles. The highest BCUT2D eigenvalue weighted by molar-refractivity contribution is 6.32. The van der Waals surface area contributed by atoms with Gasteiger partial charge in [-0.05, 0) is 97.1 Å². The Hall–Kier alpha value is -4.40. The zero-order valence-electron chi connectivity index (χ0n) is 24.5. The van der Waals surface area contributed by atoms with Gasteiger partial charge in [-0.25, -0.2) is 0 Å². The lowest BCUT2D eigenvalue weighted by Crippen LogP contribution is -2.43. The van der Waals surface area contributed by atoms with Gasteiger partial charge in [0.2, 0.25) is 0 Å². The number of fused-ring (bicyclic) bond motifs is 5. The number of halogens is 2. The van der Waals surface area contributed by atoms with Crippen LogP contribution in [0.25, 0.3) is 0 Å². The van der Waals surface area contributed by atoms with E-state index in [0.717, 1.165) is 55.5 Å². The first-order chi connectivity index (χ1) is 21.6. The average molecular weight is 677 g/mol. The molecule has 14 nitrogen and oxygen atoms in total. The predicted molar refractivity (Wildman–Crippen MR) is 168 cm³/mol. The first-order valence-corrected chi connectivity index (χ1v) is 15.1. The molecule has 3 aromatic rings. The molecule has 0 spiro atoms. The molecule has 16 heteroatoms. The summed E-state index contributed by atoms with van der Waals surface area (Å²) in [5.41, 5.74) is 1.02. The number of hydrogen-bond donors (Lipinski definition) is 2. The van der Waals surface area contributed by atoms with Crippen LogP contribution in [0.1, 0.15) is 56.1 Å². The highest BCUT2D eigenvalue weighted by Gasteiger charge is 2.54. The third-order valence-electron chi connectivity index (χ3n) is 9.33. The van der Waals surface area contributed by atoms with E-state index in [1.54, 1.807) is 0 Å². The standard InChI is InChI=1S/C18H24O2.2C6H3ClN2O4/c1-18-9-8-14-13-5-3-12(19)10-11(13)2-4-15(14)16(18)6-7-17(18)20;7-5-2-1-4(8(10)11)3-6(5)9(12)13;7-4-1-2-5(8(10)11)6(3-4)9(12)13/h3,5,10,14-17,19-20H,2,4,6-9H2,1H3;2*1-3H/t14-,15-,16+,17+,18+;;/m1../s1. The van der Waals surface area contributed by atoms with E-state index in [-0.39, 0.29) is 27.3 Å². The maximum Gasteiger partial charge on any atom is 0.347 e. The van der Waals surface area contributed by atoms with Crippen LogP contribution in [0.5, 0.6) is 5.75 Å². The Morgan fingerprint density at radius 3 is 2.07 bits per heavy atom. The van der Waals surface area contributed by atoms with E-state index in [0.29, 0.717) is 17.6 Å². The summed E-state index contributed by atoms with van der Waals surface area (Å²) in [7, 11) is 0. The maximum absolute atomic E-state index is 10.4. The molecular formula is C30H30Cl2N4O10. The summed E-state index contributed by atoms with van der Waals surface area (Å²) in [6, 6.07) is 12.2. The monoisotopic (exact) mass is 676 g/mol. The smallest absolute Gasteiger partial charge is 0.347 e. The quantitative estimate of drug-likeness (QED) is 0.201. The number of hydrogen-bond acceptors (Lipinski definition) is 10. The first-order valence-electron chi connectivity index (χ1n) is 14.3. The Bertz CT molecular complexity index is 1690. The van der Waals surface area contributed by atoms with Gasteiger partial charge >= 0.3 is 11.4 Å². The fraction of sp³-hybridized carbons (Fsp3) is 0.400. The molecule has 3 aliphatic carbocycles. The molecule has 2 N–H and O–H groups in total. The third-order valence-corrected chi connectivity index (χ3v) is 9.88. The van der Waals surface area contributed by atoms with E-state index in [9.17, 15) is 50.7 Å². The van der Waals surface area contributed by atoms with Gasteiger partial charge in [0.1, 0.15) is 10.8 Å². The van der Waals surface area contributed by atoms with E-state index in [4.69, 9.17) is 23.2 Å². The molecule has 2 saturated carbocycles. The number of phenols is 1. The molecule has 0 aromatic heterocycles. The van der Waals surface area contributed by atoms with E-state index in [1.165, 1.54) is 36.5 Å². The lowest BCUT2D eigenvalue weighted by molar-refractivity contribution is -0.422. The number of rotatable bonds is 4. The third kappa shape index (κ3) is 7.19. The van der Waals surface area contributed by atoms with Crippen LogP contribution in [0.3, 0.4) is 0 Å². The van der Waals surface area contributed by atoms with Crippen LogP contribution in [0.4, 0.5) is 22.7 Å². The number of nitrogens with zero attached hydrogens (tertiary/aromatic N) is 4. The summed E-state index contributed by atoms with van der Waals surface area (Å²) < 4.78 is 0. The Balaban J connectivity index is 0.000000164. The normalized spacial score (nSPS) is 24.0.